The molecule has 0 aromatic heterocycles. The lowest BCUT2D eigenvalue weighted by Gasteiger charge is -2.19. The van der Waals surface area contributed by atoms with Gasteiger partial charge in [0, 0.05) is 5.56 Å². The van der Waals surface area contributed by atoms with Crippen molar-refractivity contribution in [1.82, 2.24) is 0 Å². The summed E-state index contributed by atoms with van der Waals surface area (Å²) >= 11 is 0. The van der Waals surface area contributed by atoms with Gasteiger partial charge < -0.3 is 23.8 Å². The summed E-state index contributed by atoms with van der Waals surface area (Å²) in [6.07, 6.45) is 2.60. The molecule has 0 amide bonds. The second kappa shape index (κ2) is 8.86. The molecule has 7 heteroatoms. The van der Waals surface area contributed by atoms with Gasteiger partial charge in [-0.05, 0) is 61.6 Å². The second-order valence-corrected chi connectivity index (χ2v) is 6.66. The summed E-state index contributed by atoms with van der Waals surface area (Å²) in [5.74, 6) is 1.39. The van der Waals surface area contributed by atoms with E-state index in [9.17, 15) is 4.79 Å². The molecule has 0 bridgehead atoms. The minimum Gasteiger partial charge on any atom is -0.496 e. The summed E-state index contributed by atoms with van der Waals surface area (Å²) in [5, 5.41) is 4.16. The van der Waals surface area contributed by atoms with E-state index in [1.54, 1.807) is 7.11 Å². The molecule has 7 nitrogen and oxygen atoms in total. The van der Waals surface area contributed by atoms with Crippen molar-refractivity contribution in [2.24, 2.45) is 5.16 Å². The van der Waals surface area contributed by atoms with Crippen molar-refractivity contribution in [2.75, 3.05) is 28.4 Å². The molecule has 0 radical (unpaired) electrons. The average Bonchev–Trinajstić information content (AvgIpc) is 2.75. The lowest BCUT2D eigenvalue weighted by molar-refractivity contribution is 0.0514. The fraction of sp³-hybridized carbons (Fsp3) is 0.364. The molecule has 154 valence electrons. The van der Waals surface area contributed by atoms with E-state index < -0.39 is 5.97 Å². The molecule has 0 N–H and O–H groups in total. The fourth-order valence-electron chi connectivity index (χ4n) is 3.45. The van der Waals surface area contributed by atoms with E-state index in [1.807, 2.05) is 19.1 Å². The summed E-state index contributed by atoms with van der Waals surface area (Å²) in [6.45, 7) is 1.98. The third kappa shape index (κ3) is 4.13. The summed E-state index contributed by atoms with van der Waals surface area (Å²) < 4.78 is 21.3. The molecule has 1 aliphatic carbocycles. The van der Waals surface area contributed by atoms with Crippen LogP contribution in [0.3, 0.4) is 0 Å². The smallest absolute Gasteiger partial charge is 0.366 e. The van der Waals surface area contributed by atoms with Gasteiger partial charge in [0.05, 0.1) is 39.7 Å². The number of nitrogens with zero attached hydrogens (tertiary/aromatic N) is 1. The minimum atomic E-state index is -0.603. The molecule has 29 heavy (non-hydrogen) atoms. The van der Waals surface area contributed by atoms with E-state index in [2.05, 4.69) is 5.16 Å². The van der Waals surface area contributed by atoms with Gasteiger partial charge in [0.25, 0.3) is 0 Å². The molecule has 0 unspecified atom stereocenters. The largest absolute Gasteiger partial charge is 0.496 e. The number of oxime groups is 1. The Kier molecular flexibility index (Phi) is 6.26. The molecule has 0 fully saturated rings. The van der Waals surface area contributed by atoms with Crippen LogP contribution in [0.1, 0.15) is 39.9 Å². The Morgan fingerprint density at radius 1 is 0.862 bits per heavy atom. The quantitative estimate of drug-likeness (QED) is 0.541. The first kappa shape index (κ1) is 20.5. The van der Waals surface area contributed by atoms with Crippen molar-refractivity contribution in [3.8, 4) is 23.0 Å². The summed E-state index contributed by atoms with van der Waals surface area (Å²) in [4.78, 5) is 17.9. The molecule has 2 aromatic carbocycles. The second-order valence-electron chi connectivity index (χ2n) is 6.66. The topological polar surface area (TPSA) is 75.6 Å². The summed E-state index contributed by atoms with van der Waals surface area (Å²) in [5.41, 5.74) is 4.15. The van der Waals surface area contributed by atoms with Crippen molar-refractivity contribution < 1.29 is 28.6 Å². The molecule has 3 rings (SSSR count). The predicted molar refractivity (Wildman–Crippen MR) is 109 cm³/mol. The molecule has 0 spiro atoms. The van der Waals surface area contributed by atoms with Crippen LogP contribution in [-0.2, 0) is 11.3 Å². The van der Waals surface area contributed by atoms with Crippen LogP contribution in [-0.4, -0.2) is 40.1 Å². The molecule has 2 aromatic rings. The molecule has 0 heterocycles. The van der Waals surface area contributed by atoms with Crippen LogP contribution in [0.2, 0.25) is 0 Å². The number of rotatable bonds is 6. The number of aryl methyl sites for hydroxylation is 2. The highest BCUT2D eigenvalue weighted by Crippen LogP contribution is 2.38. The Labute approximate surface area is 170 Å². The van der Waals surface area contributed by atoms with Crippen molar-refractivity contribution in [2.45, 2.75) is 26.2 Å². The van der Waals surface area contributed by atoms with E-state index in [4.69, 9.17) is 23.8 Å². The number of carbonyl (C=O) groups is 1. The molecule has 0 aliphatic heterocycles. The number of ether oxygens (including phenoxy) is 4. The Morgan fingerprint density at radius 2 is 1.52 bits per heavy atom. The third-order valence-corrected chi connectivity index (χ3v) is 4.93. The van der Waals surface area contributed by atoms with Crippen LogP contribution < -0.4 is 18.9 Å². The van der Waals surface area contributed by atoms with E-state index in [0.29, 0.717) is 17.2 Å². The third-order valence-electron chi connectivity index (χ3n) is 4.93. The highest BCUT2D eigenvalue weighted by molar-refractivity contribution is 6.03. The number of carbonyl (C=O) groups excluding carboxylic acids is 1. The standard InChI is InChI=1S/C22H25NO6/c1-13-9-16-14(10-18(13)25-2)7-6-8-17(16)23-29-22(24)15-11-19(26-3)21(28-5)20(12-15)27-4/h9-12H,6-8H2,1-5H3. The van der Waals surface area contributed by atoms with E-state index in [1.165, 1.54) is 33.5 Å². The van der Waals surface area contributed by atoms with Gasteiger partial charge in [-0.2, -0.15) is 0 Å². The van der Waals surface area contributed by atoms with Gasteiger partial charge in [0.1, 0.15) is 5.75 Å². The zero-order chi connectivity index (χ0) is 21.0. The lowest BCUT2D eigenvalue weighted by atomic mass is 9.88. The van der Waals surface area contributed by atoms with E-state index in [0.717, 1.165) is 47.4 Å². The van der Waals surface area contributed by atoms with Gasteiger partial charge in [-0.1, -0.05) is 5.16 Å². The maximum Gasteiger partial charge on any atom is 0.366 e. The average molecular weight is 399 g/mol. The number of fused-ring (bicyclic) bond motifs is 1. The number of benzene rings is 2. The minimum absolute atomic E-state index is 0.255. The first-order valence-corrected chi connectivity index (χ1v) is 9.28. The van der Waals surface area contributed by atoms with Crippen LogP contribution in [0.5, 0.6) is 23.0 Å². The van der Waals surface area contributed by atoms with Crippen LogP contribution in [0.25, 0.3) is 0 Å². The van der Waals surface area contributed by atoms with Gasteiger partial charge in [0.2, 0.25) is 5.75 Å². The summed E-state index contributed by atoms with van der Waals surface area (Å²) in [7, 11) is 6.14. The molecule has 0 saturated carbocycles. The molecular weight excluding hydrogens is 374 g/mol. The van der Waals surface area contributed by atoms with Gasteiger partial charge in [0.15, 0.2) is 11.5 Å². The van der Waals surface area contributed by atoms with Crippen molar-refractivity contribution in [3.05, 3.63) is 46.5 Å². The maximum atomic E-state index is 12.6. The zero-order valence-corrected chi connectivity index (χ0v) is 17.3. The molecule has 0 atom stereocenters. The monoisotopic (exact) mass is 399 g/mol. The lowest BCUT2D eigenvalue weighted by Crippen LogP contribution is -2.14. The van der Waals surface area contributed by atoms with Gasteiger partial charge in [-0.3, -0.25) is 0 Å². The number of hydrogen-bond acceptors (Lipinski definition) is 7. The van der Waals surface area contributed by atoms with Crippen LogP contribution in [0, 0.1) is 6.92 Å². The van der Waals surface area contributed by atoms with E-state index >= 15 is 0 Å². The highest BCUT2D eigenvalue weighted by Gasteiger charge is 2.21. The Hall–Kier alpha value is -3.22. The Morgan fingerprint density at radius 3 is 2.10 bits per heavy atom. The van der Waals surface area contributed by atoms with Crippen LogP contribution in [0.15, 0.2) is 29.4 Å². The highest BCUT2D eigenvalue weighted by atomic mass is 16.7. The van der Waals surface area contributed by atoms with Crippen molar-refractivity contribution in [1.29, 1.82) is 0 Å². The normalized spacial score (nSPS) is 14.2. The Bertz CT molecular complexity index is 926. The van der Waals surface area contributed by atoms with Crippen LogP contribution >= 0.6 is 0 Å². The molecule has 0 saturated heterocycles. The zero-order valence-electron chi connectivity index (χ0n) is 17.3. The van der Waals surface area contributed by atoms with Crippen LogP contribution in [0.4, 0.5) is 0 Å². The van der Waals surface area contributed by atoms with E-state index in [-0.39, 0.29) is 5.56 Å². The number of hydrogen-bond donors (Lipinski definition) is 0. The molecule has 1 aliphatic rings. The predicted octanol–water partition coefficient (Wildman–Crippen LogP) is 3.93. The summed E-state index contributed by atoms with van der Waals surface area (Å²) in [6, 6.07) is 7.13. The molecular formula is C22H25NO6. The van der Waals surface area contributed by atoms with Crippen molar-refractivity contribution in [3.63, 3.8) is 0 Å². The number of methoxy groups -OCH3 is 4. The van der Waals surface area contributed by atoms with Gasteiger partial charge >= 0.3 is 5.97 Å². The Balaban J connectivity index is 1.88. The fourth-order valence-corrected chi connectivity index (χ4v) is 3.45. The van der Waals surface area contributed by atoms with Gasteiger partial charge in [-0.15, -0.1) is 0 Å². The maximum absolute atomic E-state index is 12.6. The first-order chi connectivity index (χ1) is 14.0. The van der Waals surface area contributed by atoms with Crippen molar-refractivity contribution >= 4 is 11.7 Å². The SMILES string of the molecule is COc1cc2c(cc1C)C(=NOC(=O)c1cc(OC)c(OC)c(OC)c1)CCC2. The first-order valence-electron chi connectivity index (χ1n) is 9.28. The van der Waals surface area contributed by atoms with Gasteiger partial charge in [-0.25, -0.2) is 4.79 Å².